The summed E-state index contributed by atoms with van der Waals surface area (Å²) < 4.78 is 16.6. The number of aromatic nitrogens is 2. The van der Waals surface area contributed by atoms with E-state index < -0.39 is 17.6 Å². The van der Waals surface area contributed by atoms with Crippen molar-refractivity contribution in [3.05, 3.63) is 87.0 Å². The van der Waals surface area contributed by atoms with Gasteiger partial charge in [0.25, 0.3) is 0 Å². The van der Waals surface area contributed by atoms with E-state index in [4.69, 9.17) is 19.9 Å². The maximum absolute atomic E-state index is 12.7. The van der Waals surface area contributed by atoms with Crippen molar-refractivity contribution in [3.8, 4) is 11.5 Å². The Morgan fingerprint density at radius 3 is 2.58 bits per heavy atom. The van der Waals surface area contributed by atoms with Crippen molar-refractivity contribution in [2.24, 2.45) is 0 Å². The molecule has 1 aliphatic heterocycles. The largest absolute Gasteiger partial charge is 0.493 e. The quantitative estimate of drug-likeness (QED) is 0.491. The predicted octanol–water partition coefficient (Wildman–Crippen LogP) is 2.94. The van der Waals surface area contributed by atoms with Crippen LogP contribution in [-0.2, 0) is 16.1 Å². The first-order chi connectivity index (χ1) is 15.9. The third-order valence-corrected chi connectivity index (χ3v) is 5.45. The molecule has 33 heavy (non-hydrogen) atoms. The maximum Gasteiger partial charge on any atom is 0.348 e. The van der Waals surface area contributed by atoms with E-state index in [1.54, 1.807) is 26.2 Å². The zero-order valence-electron chi connectivity index (χ0n) is 18.5. The second-order valence-corrected chi connectivity index (χ2v) is 7.49. The van der Waals surface area contributed by atoms with Gasteiger partial charge in [0.05, 0.1) is 25.7 Å². The van der Waals surface area contributed by atoms with Crippen LogP contribution in [0.25, 0.3) is 0 Å². The fraction of sp³-hybridized carbons (Fsp3) is 0.208. The number of esters is 1. The van der Waals surface area contributed by atoms with Crippen molar-refractivity contribution in [3.63, 3.8) is 0 Å². The molecule has 0 spiro atoms. The molecule has 3 aromatic rings. The number of nitrogens with two attached hydrogens (primary N) is 1. The molecule has 0 fully saturated rings. The number of benzene rings is 2. The van der Waals surface area contributed by atoms with E-state index in [-0.39, 0.29) is 11.6 Å². The first-order valence-corrected chi connectivity index (χ1v) is 10.2. The third-order valence-electron chi connectivity index (χ3n) is 5.45. The molecule has 2 aromatic carbocycles. The summed E-state index contributed by atoms with van der Waals surface area (Å²) in [6.07, 6.45) is 0. The van der Waals surface area contributed by atoms with E-state index in [9.17, 15) is 9.59 Å². The second kappa shape index (κ2) is 9.07. The predicted molar refractivity (Wildman–Crippen MR) is 123 cm³/mol. The summed E-state index contributed by atoms with van der Waals surface area (Å²) in [6, 6.07) is 15.2. The van der Waals surface area contributed by atoms with Crippen LogP contribution >= 0.6 is 0 Å². The van der Waals surface area contributed by atoms with Gasteiger partial charge in [-0.1, -0.05) is 36.4 Å². The smallest absolute Gasteiger partial charge is 0.348 e. The number of H-pyrrole nitrogens is 1. The van der Waals surface area contributed by atoms with Crippen LogP contribution in [0.5, 0.6) is 11.5 Å². The topological polar surface area (TPSA) is 129 Å². The summed E-state index contributed by atoms with van der Waals surface area (Å²) in [6.45, 7) is 2.09. The van der Waals surface area contributed by atoms with Gasteiger partial charge in [-0.3, -0.25) is 4.98 Å². The minimum Gasteiger partial charge on any atom is -0.493 e. The lowest BCUT2D eigenvalue weighted by molar-refractivity contribution is -0.136. The number of hydrogen-bond donors (Lipinski definition) is 3. The number of carbonyl (C=O) groups is 1. The number of anilines is 2. The van der Waals surface area contributed by atoms with Gasteiger partial charge in [-0.2, -0.15) is 4.98 Å². The van der Waals surface area contributed by atoms with Crippen LogP contribution in [0.15, 0.2) is 64.6 Å². The maximum atomic E-state index is 12.7. The molecule has 1 aliphatic rings. The fourth-order valence-electron chi connectivity index (χ4n) is 3.93. The van der Waals surface area contributed by atoms with Crippen LogP contribution in [0.4, 0.5) is 11.6 Å². The Labute approximate surface area is 190 Å². The number of methoxy groups -OCH3 is 2. The molecule has 1 atom stereocenters. The highest BCUT2D eigenvalue weighted by molar-refractivity contribution is 5.95. The van der Waals surface area contributed by atoms with Gasteiger partial charge in [-0.05, 0) is 30.2 Å². The zero-order valence-corrected chi connectivity index (χ0v) is 18.5. The number of carbonyl (C=O) groups excluding carboxylic acids is 1. The molecule has 0 radical (unpaired) electrons. The average Bonchev–Trinajstić information content (AvgIpc) is 2.81. The number of rotatable bonds is 6. The second-order valence-electron chi connectivity index (χ2n) is 7.49. The highest BCUT2D eigenvalue weighted by Crippen LogP contribution is 2.44. The monoisotopic (exact) mass is 448 g/mol. The molecule has 0 aliphatic carbocycles. The highest BCUT2D eigenvalue weighted by Gasteiger charge is 2.36. The number of ether oxygens (including phenoxy) is 3. The van der Waals surface area contributed by atoms with Gasteiger partial charge in [0.2, 0.25) is 0 Å². The number of aromatic amines is 1. The van der Waals surface area contributed by atoms with Gasteiger partial charge < -0.3 is 25.3 Å². The van der Waals surface area contributed by atoms with E-state index in [0.29, 0.717) is 40.5 Å². The minimum absolute atomic E-state index is 0.111. The number of hydrogen-bond acceptors (Lipinski definition) is 8. The Balaban J connectivity index is 1.79. The first-order valence-electron chi connectivity index (χ1n) is 10.2. The van der Waals surface area contributed by atoms with Crippen molar-refractivity contribution in [1.82, 2.24) is 9.97 Å². The Kier molecular flexibility index (Phi) is 6.03. The molecule has 0 saturated carbocycles. The molecule has 0 saturated heterocycles. The van der Waals surface area contributed by atoms with Crippen LogP contribution in [0.3, 0.4) is 0 Å². The number of nitrogens with one attached hydrogen (secondary N) is 2. The molecular weight excluding hydrogens is 424 g/mol. The van der Waals surface area contributed by atoms with Gasteiger partial charge in [0.1, 0.15) is 18.2 Å². The summed E-state index contributed by atoms with van der Waals surface area (Å²) in [5, 5.41) is 3.00. The molecule has 0 amide bonds. The van der Waals surface area contributed by atoms with E-state index in [0.717, 1.165) is 5.56 Å². The molecule has 1 aromatic heterocycles. The Bertz CT molecular complexity index is 1280. The van der Waals surface area contributed by atoms with Crippen LogP contribution in [0.1, 0.15) is 29.5 Å². The van der Waals surface area contributed by atoms with Gasteiger partial charge in [0, 0.05) is 11.3 Å². The molecule has 4 rings (SSSR count). The van der Waals surface area contributed by atoms with Gasteiger partial charge in [-0.25, -0.2) is 9.59 Å². The number of nitrogen functional groups attached to an aromatic ring is 1. The van der Waals surface area contributed by atoms with Crippen molar-refractivity contribution in [1.29, 1.82) is 0 Å². The van der Waals surface area contributed by atoms with Gasteiger partial charge >= 0.3 is 11.7 Å². The van der Waals surface area contributed by atoms with E-state index in [1.165, 1.54) is 7.11 Å². The Morgan fingerprint density at radius 2 is 1.88 bits per heavy atom. The lowest BCUT2D eigenvalue weighted by atomic mass is 9.82. The molecule has 1 unspecified atom stereocenters. The summed E-state index contributed by atoms with van der Waals surface area (Å²) in [4.78, 5) is 31.1. The van der Waals surface area contributed by atoms with Crippen LogP contribution in [-0.4, -0.2) is 30.2 Å². The van der Waals surface area contributed by atoms with Crippen LogP contribution in [0.2, 0.25) is 0 Å². The average molecular weight is 448 g/mol. The van der Waals surface area contributed by atoms with Crippen molar-refractivity contribution in [2.45, 2.75) is 19.4 Å². The molecule has 0 bridgehead atoms. The van der Waals surface area contributed by atoms with Crippen molar-refractivity contribution >= 4 is 17.6 Å². The fourth-order valence-corrected chi connectivity index (χ4v) is 3.93. The van der Waals surface area contributed by atoms with Crippen LogP contribution in [0, 0.1) is 0 Å². The molecule has 2 heterocycles. The number of fused-ring (bicyclic) bond motifs is 1. The Morgan fingerprint density at radius 1 is 1.12 bits per heavy atom. The minimum atomic E-state index is -0.643. The van der Waals surface area contributed by atoms with Gasteiger partial charge in [-0.15, -0.1) is 0 Å². The van der Waals surface area contributed by atoms with Gasteiger partial charge in [0.15, 0.2) is 11.5 Å². The molecular formula is C24H24N4O5. The normalized spacial score (nSPS) is 14.8. The molecule has 170 valence electrons. The summed E-state index contributed by atoms with van der Waals surface area (Å²) in [5.41, 5.74) is 8.63. The highest BCUT2D eigenvalue weighted by atomic mass is 16.5. The van der Waals surface area contributed by atoms with E-state index in [2.05, 4.69) is 15.3 Å². The molecule has 4 N–H and O–H groups in total. The van der Waals surface area contributed by atoms with Crippen molar-refractivity contribution in [2.75, 3.05) is 25.3 Å². The summed E-state index contributed by atoms with van der Waals surface area (Å²) in [5.74, 6) is 0.266. The first kappa shape index (κ1) is 21.9. The Hall–Kier alpha value is -4.27. The van der Waals surface area contributed by atoms with Crippen LogP contribution < -0.4 is 26.2 Å². The number of allylic oxidation sites excluding steroid dienone is 1. The summed E-state index contributed by atoms with van der Waals surface area (Å²) in [7, 11) is 2.85. The number of nitrogens with zero attached hydrogens (tertiary/aromatic N) is 1. The van der Waals surface area contributed by atoms with E-state index >= 15 is 0 Å². The zero-order chi connectivity index (χ0) is 23.5. The summed E-state index contributed by atoms with van der Waals surface area (Å²) >= 11 is 0. The lowest BCUT2D eigenvalue weighted by Gasteiger charge is -2.30. The van der Waals surface area contributed by atoms with Crippen molar-refractivity contribution < 1.29 is 19.0 Å². The molecule has 9 heteroatoms. The standard InChI is InChI=1S/C24H24N4O5/c1-13-18(23(29)32-3)19(20-21(25)27-24(30)28-22(20)26-13)15-9-10-16(17(11-15)31-2)33-12-14-7-5-4-6-8-14/h4-11,19H,12H2,1-3H3,(H4,25,26,27,28,30). The van der Waals surface area contributed by atoms with E-state index in [1.807, 2.05) is 36.4 Å². The lowest BCUT2D eigenvalue weighted by Crippen LogP contribution is -2.28. The third kappa shape index (κ3) is 4.25. The molecule has 9 nitrogen and oxygen atoms in total. The SMILES string of the molecule is COC(=O)C1=C(C)Nc2nc(=O)[nH]c(N)c2C1c1ccc(OCc2ccccc2)c(OC)c1.